The number of anilines is 4. The summed E-state index contributed by atoms with van der Waals surface area (Å²) in [4.78, 5) is 25.9. The molecule has 1 saturated heterocycles. The molecule has 210 valence electrons. The number of amides is 1. The highest BCUT2D eigenvalue weighted by Gasteiger charge is 2.29. The predicted octanol–water partition coefficient (Wildman–Crippen LogP) is 3.56. The molecule has 1 amide bonds. The third-order valence-electron chi connectivity index (χ3n) is 6.97. The molecule has 0 aliphatic carbocycles. The highest BCUT2D eigenvalue weighted by Crippen LogP contribution is 2.28. The van der Waals surface area contributed by atoms with Crippen molar-refractivity contribution < 1.29 is 13.2 Å². The Labute approximate surface area is 234 Å². The quantitative estimate of drug-likeness (QED) is 0.311. The standard InChI is InChI=1S/C28H34N8O3S/c1-28(2,3)40(38,39)33-21-6-5-7-22(16-21)36-11-10-19-18-30-27(32-26(19)36)31-20-8-9-24(23(17-20)25(29)37)35-14-12-34(4)13-15-35/h5-11,16-18,33H,12-15H2,1-4H3,(H2,29,37)(H,30,31,32). The summed E-state index contributed by atoms with van der Waals surface area (Å²) < 4.78 is 28.9. The molecule has 5 rings (SSSR count). The van der Waals surface area contributed by atoms with Crippen molar-refractivity contribution in [1.29, 1.82) is 0 Å². The Morgan fingerprint density at radius 3 is 2.45 bits per heavy atom. The van der Waals surface area contributed by atoms with Crippen molar-refractivity contribution in [3.8, 4) is 5.69 Å². The number of primary amides is 1. The summed E-state index contributed by atoms with van der Waals surface area (Å²) in [7, 11) is -1.49. The van der Waals surface area contributed by atoms with E-state index in [4.69, 9.17) is 10.7 Å². The lowest BCUT2D eigenvalue weighted by atomic mass is 10.1. The summed E-state index contributed by atoms with van der Waals surface area (Å²) >= 11 is 0. The molecule has 1 aliphatic heterocycles. The number of hydrogen-bond acceptors (Lipinski definition) is 8. The van der Waals surface area contributed by atoms with E-state index in [0.29, 0.717) is 28.5 Å². The number of carbonyl (C=O) groups excluding carboxylic acids is 1. The molecule has 4 aromatic rings. The smallest absolute Gasteiger partial charge is 0.250 e. The molecule has 12 heteroatoms. The monoisotopic (exact) mass is 562 g/mol. The molecule has 0 radical (unpaired) electrons. The van der Waals surface area contributed by atoms with Gasteiger partial charge in [0, 0.05) is 61.0 Å². The first kappa shape index (κ1) is 27.4. The summed E-state index contributed by atoms with van der Waals surface area (Å²) in [5, 5.41) is 4.01. The van der Waals surface area contributed by atoms with Gasteiger partial charge in [0.2, 0.25) is 16.0 Å². The van der Waals surface area contributed by atoms with Gasteiger partial charge in [0.1, 0.15) is 5.65 Å². The first-order valence-electron chi connectivity index (χ1n) is 13.0. The number of benzene rings is 2. The van der Waals surface area contributed by atoms with Crippen LogP contribution >= 0.6 is 0 Å². The summed E-state index contributed by atoms with van der Waals surface area (Å²) in [6.45, 7) is 8.41. The molecule has 2 aromatic heterocycles. The summed E-state index contributed by atoms with van der Waals surface area (Å²) in [6.07, 6.45) is 3.57. The molecular formula is C28H34N8O3S. The average Bonchev–Trinajstić information content (AvgIpc) is 3.32. The largest absolute Gasteiger partial charge is 0.368 e. The number of aromatic nitrogens is 3. The molecule has 0 unspecified atom stereocenters. The zero-order chi connectivity index (χ0) is 28.7. The number of fused-ring (bicyclic) bond motifs is 1. The van der Waals surface area contributed by atoms with Gasteiger partial charge in [-0.3, -0.25) is 9.52 Å². The van der Waals surface area contributed by atoms with Gasteiger partial charge >= 0.3 is 0 Å². The van der Waals surface area contributed by atoms with E-state index in [9.17, 15) is 13.2 Å². The van der Waals surface area contributed by atoms with Crippen LogP contribution in [0.25, 0.3) is 16.7 Å². The van der Waals surface area contributed by atoms with Gasteiger partial charge in [0.05, 0.1) is 16.0 Å². The number of rotatable bonds is 7. The minimum atomic E-state index is -3.58. The summed E-state index contributed by atoms with van der Waals surface area (Å²) in [5.74, 6) is -0.149. The Morgan fingerprint density at radius 1 is 1.00 bits per heavy atom. The van der Waals surface area contributed by atoms with Crippen LogP contribution in [-0.2, 0) is 10.0 Å². The van der Waals surface area contributed by atoms with E-state index >= 15 is 0 Å². The Hall–Kier alpha value is -4.16. The molecule has 3 heterocycles. The van der Waals surface area contributed by atoms with Crippen LogP contribution in [0, 0.1) is 0 Å². The van der Waals surface area contributed by atoms with E-state index in [1.54, 1.807) is 51.2 Å². The molecule has 2 aromatic carbocycles. The van der Waals surface area contributed by atoms with Crippen molar-refractivity contribution in [2.75, 3.05) is 48.2 Å². The van der Waals surface area contributed by atoms with Crippen molar-refractivity contribution in [1.82, 2.24) is 19.4 Å². The molecule has 1 fully saturated rings. The number of hydrogen-bond donors (Lipinski definition) is 3. The van der Waals surface area contributed by atoms with E-state index in [1.165, 1.54) is 0 Å². The Balaban J connectivity index is 1.42. The number of carbonyl (C=O) groups is 1. The molecule has 0 spiro atoms. The van der Waals surface area contributed by atoms with Crippen LogP contribution in [0.2, 0.25) is 0 Å². The van der Waals surface area contributed by atoms with Gasteiger partial charge < -0.3 is 25.4 Å². The molecule has 0 atom stereocenters. The Morgan fingerprint density at radius 2 is 1.75 bits per heavy atom. The van der Waals surface area contributed by atoms with Gasteiger partial charge in [-0.1, -0.05) is 6.07 Å². The number of nitrogens with zero attached hydrogens (tertiary/aromatic N) is 5. The maximum absolute atomic E-state index is 12.7. The zero-order valence-corrected chi connectivity index (χ0v) is 23.9. The highest BCUT2D eigenvalue weighted by molar-refractivity contribution is 7.94. The van der Waals surface area contributed by atoms with E-state index in [-0.39, 0.29) is 0 Å². The number of likely N-dealkylation sites (N-methyl/N-ethyl adjacent to an activating group) is 1. The number of sulfonamides is 1. The molecule has 4 N–H and O–H groups in total. The van der Waals surface area contributed by atoms with Gasteiger partial charge in [-0.15, -0.1) is 0 Å². The van der Waals surface area contributed by atoms with Crippen LogP contribution in [-0.4, -0.2) is 71.7 Å². The van der Waals surface area contributed by atoms with Crippen molar-refractivity contribution in [2.24, 2.45) is 5.73 Å². The minimum Gasteiger partial charge on any atom is -0.368 e. The lowest BCUT2D eigenvalue weighted by Crippen LogP contribution is -2.45. The maximum atomic E-state index is 12.7. The normalized spacial score (nSPS) is 14.8. The second kappa shape index (κ2) is 10.4. The van der Waals surface area contributed by atoms with Crippen molar-refractivity contribution in [3.63, 3.8) is 0 Å². The fourth-order valence-corrected chi connectivity index (χ4v) is 5.22. The molecule has 11 nitrogen and oxygen atoms in total. The van der Waals surface area contributed by atoms with Crippen LogP contribution in [0.1, 0.15) is 31.1 Å². The van der Waals surface area contributed by atoms with Crippen molar-refractivity contribution in [2.45, 2.75) is 25.5 Å². The van der Waals surface area contributed by atoms with Gasteiger partial charge in [-0.25, -0.2) is 13.4 Å². The fraction of sp³-hybridized carbons (Fsp3) is 0.321. The minimum absolute atomic E-state index is 0.347. The number of nitrogens with one attached hydrogen (secondary N) is 2. The van der Waals surface area contributed by atoms with Crippen molar-refractivity contribution >= 4 is 50.0 Å². The average molecular weight is 563 g/mol. The molecule has 40 heavy (non-hydrogen) atoms. The van der Waals surface area contributed by atoms with Gasteiger partial charge in [0.15, 0.2) is 0 Å². The Kier molecular flexibility index (Phi) is 7.15. The van der Waals surface area contributed by atoms with Gasteiger partial charge in [-0.05, 0) is 70.3 Å². The fourth-order valence-electron chi connectivity index (χ4n) is 4.48. The molecule has 0 bridgehead atoms. The number of nitrogens with two attached hydrogens (primary N) is 1. The van der Waals surface area contributed by atoms with Crippen LogP contribution in [0.4, 0.5) is 23.0 Å². The van der Waals surface area contributed by atoms with Crippen LogP contribution in [0.15, 0.2) is 60.9 Å². The number of piperazine rings is 1. The maximum Gasteiger partial charge on any atom is 0.250 e. The third kappa shape index (κ3) is 5.58. The predicted molar refractivity (Wildman–Crippen MR) is 159 cm³/mol. The van der Waals surface area contributed by atoms with Crippen LogP contribution < -0.4 is 20.7 Å². The first-order valence-corrected chi connectivity index (χ1v) is 14.5. The van der Waals surface area contributed by atoms with E-state index in [2.05, 4.69) is 31.9 Å². The Bertz CT molecular complexity index is 1670. The second-order valence-corrected chi connectivity index (χ2v) is 13.4. The van der Waals surface area contributed by atoms with Gasteiger partial charge in [-0.2, -0.15) is 4.98 Å². The first-order chi connectivity index (χ1) is 18.9. The SMILES string of the molecule is CN1CCN(c2ccc(Nc3ncc4ccn(-c5cccc(NS(=O)(=O)C(C)(C)C)c5)c4n3)cc2C(N)=O)CC1. The van der Waals surface area contributed by atoms with Gasteiger partial charge in [0.25, 0.3) is 5.91 Å². The van der Waals surface area contributed by atoms with E-state index in [1.807, 2.05) is 35.0 Å². The lowest BCUT2D eigenvalue weighted by Gasteiger charge is -2.35. The highest BCUT2D eigenvalue weighted by atomic mass is 32.2. The van der Waals surface area contributed by atoms with Crippen LogP contribution in [0.5, 0.6) is 0 Å². The third-order valence-corrected chi connectivity index (χ3v) is 9.09. The topological polar surface area (TPSA) is 138 Å². The van der Waals surface area contributed by atoms with Crippen LogP contribution in [0.3, 0.4) is 0 Å². The molecular weight excluding hydrogens is 528 g/mol. The molecule has 1 aliphatic rings. The lowest BCUT2D eigenvalue weighted by molar-refractivity contribution is 0.100. The summed E-state index contributed by atoms with van der Waals surface area (Å²) in [6, 6.07) is 14.5. The zero-order valence-electron chi connectivity index (χ0n) is 23.0. The van der Waals surface area contributed by atoms with E-state index in [0.717, 1.165) is 42.9 Å². The van der Waals surface area contributed by atoms with E-state index < -0.39 is 20.7 Å². The second-order valence-electron chi connectivity index (χ2n) is 10.9. The van der Waals surface area contributed by atoms with Crippen molar-refractivity contribution in [3.05, 3.63) is 66.5 Å². The summed E-state index contributed by atoms with van der Waals surface area (Å²) in [5.41, 5.74) is 9.48. The molecule has 0 saturated carbocycles.